The maximum absolute atomic E-state index is 13.7. The lowest BCUT2D eigenvalue weighted by Crippen LogP contribution is -2.13. The van der Waals surface area contributed by atoms with Crippen LogP contribution in [-0.4, -0.2) is 10.2 Å². The molecule has 0 aliphatic rings. The summed E-state index contributed by atoms with van der Waals surface area (Å²) < 4.78 is 19.3. The van der Waals surface area contributed by atoms with Crippen LogP contribution < -0.4 is 5.73 Å². The first-order valence-corrected chi connectivity index (χ1v) is 8.68. The molecule has 1 aromatic heterocycles. The van der Waals surface area contributed by atoms with Gasteiger partial charge in [0.2, 0.25) is 5.89 Å². The van der Waals surface area contributed by atoms with Gasteiger partial charge < -0.3 is 10.2 Å². The summed E-state index contributed by atoms with van der Waals surface area (Å²) in [6.45, 7) is 0. The Morgan fingerprint density at radius 1 is 1.12 bits per heavy atom. The van der Waals surface area contributed by atoms with E-state index in [1.165, 1.54) is 17.8 Å². The second-order valence-electron chi connectivity index (χ2n) is 5.19. The lowest BCUT2D eigenvalue weighted by molar-refractivity contribution is 0.385. The van der Waals surface area contributed by atoms with Crippen LogP contribution in [0, 0.1) is 5.82 Å². The molecular weight excluding hydrogens is 349 g/mol. The van der Waals surface area contributed by atoms with Crippen LogP contribution in [0.15, 0.2) is 58.2 Å². The minimum absolute atomic E-state index is 0.307. The molecule has 0 spiro atoms. The van der Waals surface area contributed by atoms with E-state index in [0.29, 0.717) is 33.9 Å². The molecule has 4 nitrogen and oxygen atoms in total. The Hall–Kier alpha value is -1.89. The Balaban J connectivity index is 1.63. The lowest BCUT2D eigenvalue weighted by Gasteiger charge is -2.06. The third-order valence-corrected chi connectivity index (χ3v) is 4.64. The predicted octanol–water partition coefficient (Wildman–Crippen LogP) is 4.40. The number of benzene rings is 2. The first kappa shape index (κ1) is 17.0. The Morgan fingerprint density at radius 3 is 2.67 bits per heavy atom. The van der Waals surface area contributed by atoms with Gasteiger partial charge >= 0.3 is 0 Å². The Morgan fingerprint density at radius 2 is 1.92 bits per heavy atom. The molecule has 0 aliphatic carbocycles. The first-order valence-electron chi connectivity index (χ1n) is 7.32. The average Bonchev–Trinajstić information content (AvgIpc) is 3.04. The summed E-state index contributed by atoms with van der Waals surface area (Å²) in [5, 5.41) is 8.65. The van der Waals surface area contributed by atoms with Gasteiger partial charge in [0.25, 0.3) is 5.22 Å². The van der Waals surface area contributed by atoms with Crippen molar-refractivity contribution >= 4 is 23.4 Å². The summed E-state index contributed by atoms with van der Waals surface area (Å²) in [5.74, 6) is 0.317. The molecule has 1 atom stereocenters. The van der Waals surface area contributed by atoms with Crippen LogP contribution in [-0.2, 0) is 12.2 Å². The smallest absolute Gasteiger partial charge is 0.276 e. The van der Waals surface area contributed by atoms with Crippen molar-refractivity contribution in [3.05, 3.63) is 76.4 Å². The van der Waals surface area contributed by atoms with Crippen molar-refractivity contribution in [2.45, 2.75) is 23.4 Å². The summed E-state index contributed by atoms with van der Waals surface area (Å²) in [4.78, 5) is 0. The monoisotopic (exact) mass is 363 g/mol. The zero-order valence-corrected chi connectivity index (χ0v) is 14.2. The van der Waals surface area contributed by atoms with Gasteiger partial charge in [0, 0.05) is 16.3 Å². The largest absolute Gasteiger partial charge is 0.414 e. The van der Waals surface area contributed by atoms with E-state index >= 15 is 0 Å². The summed E-state index contributed by atoms with van der Waals surface area (Å²) >= 11 is 7.23. The molecule has 0 fully saturated rings. The fraction of sp³-hybridized carbons (Fsp3) is 0.176. The highest BCUT2D eigenvalue weighted by atomic mass is 35.5. The number of nitrogens with two attached hydrogens (primary N) is 1. The summed E-state index contributed by atoms with van der Waals surface area (Å²) in [6, 6.07) is 14.0. The second-order valence-corrected chi connectivity index (χ2v) is 6.53. The van der Waals surface area contributed by atoms with Gasteiger partial charge in [-0.1, -0.05) is 59.8 Å². The van der Waals surface area contributed by atoms with Crippen LogP contribution in [0.2, 0.25) is 5.02 Å². The molecule has 0 radical (unpaired) electrons. The van der Waals surface area contributed by atoms with Gasteiger partial charge in [-0.25, -0.2) is 4.39 Å². The highest BCUT2D eigenvalue weighted by Gasteiger charge is 2.16. The number of aromatic nitrogens is 2. The molecule has 1 heterocycles. The molecule has 3 aromatic rings. The van der Waals surface area contributed by atoms with Crippen molar-refractivity contribution in [2.75, 3.05) is 0 Å². The van der Waals surface area contributed by atoms with E-state index < -0.39 is 0 Å². The van der Waals surface area contributed by atoms with Gasteiger partial charge in [0.15, 0.2) is 0 Å². The van der Waals surface area contributed by atoms with Crippen LogP contribution in [0.3, 0.4) is 0 Å². The lowest BCUT2D eigenvalue weighted by atomic mass is 10.1. The molecule has 0 amide bonds. The predicted molar refractivity (Wildman–Crippen MR) is 92.3 cm³/mol. The molecule has 0 aliphatic heterocycles. The van der Waals surface area contributed by atoms with E-state index in [1.54, 1.807) is 12.1 Å². The van der Waals surface area contributed by atoms with E-state index in [2.05, 4.69) is 10.2 Å². The first-order chi connectivity index (χ1) is 11.6. The fourth-order valence-electron chi connectivity index (χ4n) is 2.19. The average molecular weight is 364 g/mol. The molecule has 7 heteroatoms. The summed E-state index contributed by atoms with van der Waals surface area (Å²) in [5.41, 5.74) is 7.62. The Kier molecular flexibility index (Phi) is 5.50. The van der Waals surface area contributed by atoms with Gasteiger partial charge in [-0.15, -0.1) is 10.2 Å². The minimum atomic E-state index is -0.383. The van der Waals surface area contributed by atoms with Crippen LogP contribution >= 0.6 is 23.4 Å². The molecule has 24 heavy (non-hydrogen) atoms. The third-order valence-electron chi connectivity index (χ3n) is 3.44. The van der Waals surface area contributed by atoms with E-state index in [4.69, 9.17) is 21.8 Å². The normalized spacial score (nSPS) is 12.3. The van der Waals surface area contributed by atoms with Gasteiger partial charge in [-0.3, -0.25) is 0 Å². The molecule has 2 aromatic carbocycles. The van der Waals surface area contributed by atoms with Crippen molar-refractivity contribution in [1.82, 2.24) is 10.2 Å². The standard InChI is InChI=1S/C17H15ClFN3OS/c18-13-7-4-8-14(19)12(13)10-24-17-22-21-16(23-17)15(20)9-11-5-2-1-3-6-11/h1-8,15H,9-10,20H2. The van der Waals surface area contributed by atoms with Crippen molar-refractivity contribution in [3.8, 4) is 0 Å². The zero-order valence-electron chi connectivity index (χ0n) is 12.7. The molecule has 3 rings (SSSR count). The second kappa shape index (κ2) is 7.79. The van der Waals surface area contributed by atoms with Gasteiger partial charge in [0.1, 0.15) is 5.82 Å². The maximum atomic E-state index is 13.7. The quantitative estimate of drug-likeness (QED) is 0.658. The summed E-state index contributed by atoms with van der Waals surface area (Å²) in [6.07, 6.45) is 0.603. The highest BCUT2D eigenvalue weighted by Crippen LogP contribution is 2.28. The fourth-order valence-corrected chi connectivity index (χ4v) is 3.30. The van der Waals surface area contributed by atoms with E-state index in [9.17, 15) is 4.39 Å². The molecule has 124 valence electrons. The molecule has 2 N–H and O–H groups in total. The molecule has 0 saturated carbocycles. The van der Waals surface area contributed by atoms with Gasteiger partial charge in [-0.05, 0) is 24.1 Å². The minimum Gasteiger partial charge on any atom is -0.414 e. The molecule has 0 saturated heterocycles. The molecule has 0 bridgehead atoms. The van der Waals surface area contributed by atoms with E-state index in [0.717, 1.165) is 5.56 Å². The number of hydrogen-bond acceptors (Lipinski definition) is 5. The van der Waals surface area contributed by atoms with Crippen LogP contribution in [0.4, 0.5) is 4.39 Å². The van der Waals surface area contributed by atoms with Crippen molar-refractivity contribution in [1.29, 1.82) is 0 Å². The number of hydrogen-bond donors (Lipinski definition) is 1. The highest BCUT2D eigenvalue weighted by molar-refractivity contribution is 7.98. The Bertz CT molecular complexity index is 792. The Labute approximate surface area is 148 Å². The van der Waals surface area contributed by atoms with Crippen LogP contribution in [0.25, 0.3) is 0 Å². The van der Waals surface area contributed by atoms with E-state index in [-0.39, 0.29) is 11.9 Å². The maximum Gasteiger partial charge on any atom is 0.276 e. The van der Waals surface area contributed by atoms with Crippen molar-refractivity contribution in [2.24, 2.45) is 5.73 Å². The molecular formula is C17H15ClFN3OS. The number of rotatable bonds is 6. The van der Waals surface area contributed by atoms with Crippen LogP contribution in [0.5, 0.6) is 0 Å². The topological polar surface area (TPSA) is 64.9 Å². The SMILES string of the molecule is NC(Cc1ccccc1)c1nnc(SCc2c(F)cccc2Cl)o1. The van der Waals surface area contributed by atoms with Crippen molar-refractivity contribution < 1.29 is 8.81 Å². The number of nitrogens with zero attached hydrogens (tertiary/aromatic N) is 2. The molecule has 1 unspecified atom stereocenters. The van der Waals surface area contributed by atoms with Crippen molar-refractivity contribution in [3.63, 3.8) is 0 Å². The van der Waals surface area contributed by atoms with E-state index in [1.807, 2.05) is 30.3 Å². The van der Waals surface area contributed by atoms with Gasteiger partial charge in [0.05, 0.1) is 6.04 Å². The third kappa shape index (κ3) is 4.14. The number of thioether (sulfide) groups is 1. The van der Waals surface area contributed by atoms with Gasteiger partial charge in [-0.2, -0.15) is 0 Å². The zero-order chi connectivity index (χ0) is 16.9. The summed E-state index contributed by atoms with van der Waals surface area (Å²) in [7, 11) is 0. The number of halogens is 2. The van der Waals surface area contributed by atoms with Crippen LogP contribution in [0.1, 0.15) is 23.1 Å².